The van der Waals surface area contributed by atoms with E-state index in [1.165, 1.54) is 4.90 Å². The molecule has 0 aromatic heterocycles. The van der Waals surface area contributed by atoms with E-state index < -0.39 is 23.0 Å². The second kappa shape index (κ2) is 8.31. The van der Waals surface area contributed by atoms with E-state index in [1.807, 2.05) is 24.3 Å². The summed E-state index contributed by atoms with van der Waals surface area (Å²) in [6.45, 7) is 4.06. The van der Waals surface area contributed by atoms with Crippen molar-refractivity contribution in [2.75, 3.05) is 19.7 Å². The lowest BCUT2D eigenvalue weighted by atomic mass is 9.71. The second-order valence-electron chi connectivity index (χ2n) is 9.63. The molecule has 7 nitrogen and oxygen atoms in total. The highest BCUT2D eigenvalue weighted by Crippen LogP contribution is 2.45. The average Bonchev–Trinajstić information content (AvgIpc) is 3.10. The fraction of sp³-hybridized carbons (Fsp3) is 0.370. The van der Waals surface area contributed by atoms with Gasteiger partial charge in [0.15, 0.2) is 0 Å². The molecule has 0 unspecified atom stereocenters. The van der Waals surface area contributed by atoms with E-state index in [0.717, 1.165) is 28.7 Å². The number of ether oxygens (including phenoxy) is 1. The van der Waals surface area contributed by atoms with Gasteiger partial charge in [0.1, 0.15) is 17.6 Å². The minimum atomic E-state index is -1.01. The number of alkyl carbamates (subject to hydrolysis) is 1. The average molecular weight is 461 g/mol. The van der Waals surface area contributed by atoms with Crippen molar-refractivity contribution in [3.63, 3.8) is 0 Å². The minimum Gasteiger partial charge on any atom is -0.481 e. The number of hydrogen-bond donors (Lipinski definition) is 2. The molecule has 2 N–H and O–H groups in total. The Morgan fingerprint density at radius 3 is 2.15 bits per heavy atom. The first-order valence-electron chi connectivity index (χ1n) is 11.7. The molecule has 2 aliphatic carbocycles. The van der Waals surface area contributed by atoms with Crippen LogP contribution >= 0.6 is 0 Å². The molecule has 7 heteroatoms. The monoisotopic (exact) mass is 460 g/mol. The quantitative estimate of drug-likeness (QED) is 0.611. The van der Waals surface area contributed by atoms with E-state index >= 15 is 0 Å². The van der Waals surface area contributed by atoms with E-state index in [2.05, 4.69) is 36.2 Å². The first-order valence-corrected chi connectivity index (χ1v) is 11.7. The maximum Gasteiger partial charge on any atom is 0.408 e. The molecular weight excluding hydrogens is 432 g/mol. The number of carbonyl (C=O) groups excluding carboxylic acids is 2. The number of nitrogens with zero attached hydrogens (tertiary/aromatic N) is 1. The van der Waals surface area contributed by atoms with Gasteiger partial charge in [-0.15, -0.1) is 6.58 Å². The highest BCUT2D eigenvalue weighted by Gasteiger charge is 2.56. The van der Waals surface area contributed by atoms with Gasteiger partial charge in [0.05, 0.1) is 0 Å². The van der Waals surface area contributed by atoms with Gasteiger partial charge in [-0.05, 0) is 47.9 Å². The summed E-state index contributed by atoms with van der Waals surface area (Å²) in [6.07, 6.45) is 3.12. The van der Waals surface area contributed by atoms with Crippen LogP contribution in [0.1, 0.15) is 42.7 Å². The number of allylic oxidation sites excluding steroid dienone is 1. The van der Waals surface area contributed by atoms with Gasteiger partial charge in [0, 0.05) is 19.0 Å². The molecule has 2 aromatic rings. The van der Waals surface area contributed by atoms with Crippen molar-refractivity contribution >= 4 is 18.0 Å². The first-order chi connectivity index (χ1) is 16.4. The Labute approximate surface area is 198 Å². The van der Waals surface area contributed by atoms with Crippen molar-refractivity contribution in [1.82, 2.24) is 10.2 Å². The number of aliphatic carboxylic acids is 1. The summed E-state index contributed by atoms with van der Waals surface area (Å²) in [6, 6.07) is 16.2. The summed E-state index contributed by atoms with van der Waals surface area (Å²) in [5, 5.41) is 12.4. The Kier molecular flexibility index (Phi) is 5.42. The van der Waals surface area contributed by atoms with Gasteiger partial charge in [-0.25, -0.2) is 4.79 Å². The maximum atomic E-state index is 13.2. The zero-order valence-corrected chi connectivity index (χ0v) is 19.0. The topological polar surface area (TPSA) is 95.9 Å². The van der Waals surface area contributed by atoms with Gasteiger partial charge in [-0.2, -0.15) is 0 Å². The van der Waals surface area contributed by atoms with Crippen molar-refractivity contribution in [3.8, 4) is 11.1 Å². The highest BCUT2D eigenvalue weighted by atomic mass is 16.5. The number of nitrogens with one attached hydrogen (secondary N) is 1. The molecular formula is C27H28N2O5. The predicted molar refractivity (Wildman–Crippen MR) is 126 cm³/mol. The number of carbonyl (C=O) groups is 3. The van der Waals surface area contributed by atoms with Crippen molar-refractivity contribution in [2.24, 2.45) is 5.41 Å². The summed E-state index contributed by atoms with van der Waals surface area (Å²) >= 11 is 0. The third kappa shape index (κ3) is 3.47. The van der Waals surface area contributed by atoms with Crippen LogP contribution in [0.25, 0.3) is 11.1 Å². The third-order valence-corrected chi connectivity index (χ3v) is 7.56. The lowest BCUT2D eigenvalue weighted by molar-refractivity contribution is -0.170. The summed E-state index contributed by atoms with van der Waals surface area (Å²) < 4.78 is 5.64. The number of benzene rings is 2. The molecule has 0 atom stereocenters. The molecule has 2 fully saturated rings. The SMILES string of the molecule is C=CCC1(C(=O)O)CN(C(=O)C2(NC(=O)OCC3c4ccccc4-c4ccccc43)CCC2)C1. The van der Waals surface area contributed by atoms with E-state index in [4.69, 9.17) is 4.74 Å². The molecule has 0 spiro atoms. The van der Waals surface area contributed by atoms with Crippen LogP contribution in [-0.4, -0.2) is 53.2 Å². The molecule has 1 heterocycles. The zero-order valence-electron chi connectivity index (χ0n) is 19.0. The molecule has 1 saturated heterocycles. The van der Waals surface area contributed by atoms with Crippen LogP contribution in [0.15, 0.2) is 61.2 Å². The second-order valence-corrected chi connectivity index (χ2v) is 9.63. The molecule has 176 valence electrons. The lowest BCUT2D eigenvalue weighted by Gasteiger charge is -2.52. The molecule has 1 saturated carbocycles. The number of amides is 2. The highest BCUT2D eigenvalue weighted by molar-refractivity contribution is 5.93. The fourth-order valence-corrected chi connectivity index (χ4v) is 5.51. The van der Waals surface area contributed by atoms with Gasteiger partial charge >= 0.3 is 12.1 Å². The lowest BCUT2D eigenvalue weighted by Crippen LogP contribution is -2.70. The Morgan fingerprint density at radius 2 is 1.65 bits per heavy atom. The summed E-state index contributed by atoms with van der Waals surface area (Å²) in [5.74, 6) is -1.21. The Bertz CT molecular complexity index is 1120. The van der Waals surface area contributed by atoms with Crippen molar-refractivity contribution in [3.05, 3.63) is 72.3 Å². The molecule has 2 aromatic carbocycles. The first kappa shape index (κ1) is 22.2. The fourth-order valence-electron chi connectivity index (χ4n) is 5.51. The molecule has 2 amide bonds. The van der Waals surface area contributed by atoms with Gasteiger partial charge in [-0.1, -0.05) is 54.6 Å². The summed E-state index contributed by atoms with van der Waals surface area (Å²) in [5.41, 5.74) is 2.56. The number of hydrogen-bond acceptors (Lipinski definition) is 4. The summed E-state index contributed by atoms with van der Waals surface area (Å²) in [7, 11) is 0. The van der Waals surface area contributed by atoms with Crippen LogP contribution in [-0.2, 0) is 14.3 Å². The van der Waals surface area contributed by atoms with E-state index in [-0.39, 0.29) is 31.5 Å². The molecule has 0 radical (unpaired) electrons. The van der Waals surface area contributed by atoms with Crippen molar-refractivity contribution in [2.45, 2.75) is 37.1 Å². The van der Waals surface area contributed by atoms with Crippen LogP contribution < -0.4 is 5.32 Å². The number of rotatable bonds is 7. The van der Waals surface area contributed by atoms with Crippen LogP contribution in [0.5, 0.6) is 0 Å². The van der Waals surface area contributed by atoms with Crippen molar-refractivity contribution < 1.29 is 24.2 Å². The smallest absolute Gasteiger partial charge is 0.408 e. The third-order valence-electron chi connectivity index (χ3n) is 7.56. The van der Waals surface area contributed by atoms with Crippen LogP contribution in [0.4, 0.5) is 4.79 Å². The Morgan fingerprint density at radius 1 is 1.06 bits per heavy atom. The summed E-state index contributed by atoms with van der Waals surface area (Å²) in [4.78, 5) is 39.2. The number of fused-ring (bicyclic) bond motifs is 3. The van der Waals surface area contributed by atoms with Gasteiger partial charge in [0.25, 0.3) is 0 Å². The molecule has 1 aliphatic heterocycles. The Hall–Kier alpha value is -3.61. The number of likely N-dealkylation sites (tertiary alicyclic amines) is 1. The minimum absolute atomic E-state index is 0.0586. The Balaban J connectivity index is 1.24. The molecule has 34 heavy (non-hydrogen) atoms. The van der Waals surface area contributed by atoms with Gasteiger partial charge in [-0.3, -0.25) is 9.59 Å². The standard InChI is InChI=1S/C27H28N2O5/c1-2-12-26(24(31)32)16-29(17-26)23(30)27(13-7-14-27)28-25(33)34-15-22-20-10-5-3-8-18(20)19-9-4-6-11-21(19)22/h2-6,8-11,22H,1,7,12-17H2,(H,28,33)(H,31,32). The van der Waals surface area contributed by atoms with Crippen LogP contribution in [0, 0.1) is 5.41 Å². The predicted octanol–water partition coefficient (Wildman–Crippen LogP) is 3.94. The zero-order chi connectivity index (χ0) is 23.9. The number of carboxylic acid groups (broad SMARTS) is 1. The van der Waals surface area contributed by atoms with Crippen LogP contribution in [0.3, 0.4) is 0 Å². The molecule has 3 aliphatic rings. The van der Waals surface area contributed by atoms with E-state index in [1.54, 1.807) is 6.08 Å². The van der Waals surface area contributed by atoms with E-state index in [0.29, 0.717) is 19.3 Å². The molecule has 5 rings (SSSR count). The largest absolute Gasteiger partial charge is 0.481 e. The van der Waals surface area contributed by atoms with E-state index in [9.17, 15) is 19.5 Å². The van der Waals surface area contributed by atoms with Crippen LogP contribution in [0.2, 0.25) is 0 Å². The van der Waals surface area contributed by atoms with Gasteiger partial charge < -0.3 is 20.1 Å². The van der Waals surface area contributed by atoms with Crippen molar-refractivity contribution in [1.29, 1.82) is 0 Å². The normalized spacial score (nSPS) is 19.1. The number of carboxylic acids is 1. The molecule has 0 bridgehead atoms. The van der Waals surface area contributed by atoms with Gasteiger partial charge in [0.2, 0.25) is 5.91 Å². The maximum absolute atomic E-state index is 13.2.